The van der Waals surface area contributed by atoms with Gasteiger partial charge in [-0.05, 0) is 25.5 Å². The highest BCUT2D eigenvalue weighted by Crippen LogP contribution is 2.36. The minimum atomic E-state index is -4.75. The van der Waals surface area contributed by atoms with Crippen LogP contribution >= 0.6 is 0 Å². The monoisotopic (exact) mass is 365 g/mol. The van der Waals surface area contributed by atoms with Gasteiger partial charge in [-0.3, -0.25) is 9.36 Å². The number of carbonyl (C=O) groups excluding carboxylic acids is 1. The Morgan fingerprint density at radius 1 is 1.27 bits per heavy atom. The lowest BCUT2D eigenvalue weighted by atomic mass is 10.1. The molecule has 5 N–H and O–H groups in total. The maximum atomic E-state index is 13.0. The van der Waals surface area contributed by atoms with E-state index in [-0.39, 0.29) is 28.3 Å². The first-order chi connectivity index (χ1) is 12.0. The van der Waals surface area contributed by atoms with Gasteiger partial charge in [-0.25, -0.2) is 9.97 Å². The number of anilines is 1. The summed E-state index contributed by atoms with van der Waals surface area (Å²) < 4.78 is 40.2. The van der Waals surface area contributed by atoms with Crippen molar-refractivity contribution in [2.45, 2.75) is 20.0 Å². The van der Waals surface area contributed by atoms with Crippen molar-refractivity contribution in [3.63, 3.8) is 0 Å². The zero-order valence-electron chi connectivity index (χ0n) is 13.7. The highest BCUT2D eigenvalue weighted by molar-refractivity contribution is 6.09. The van der Waals surface area contributed by atoms with Crippen molar-refractivity contribution in [3.8, 4) is 11.4 Å². The number of benzene rings is 1. The number of phenols is 1. The Balaban J connectivity index is 2.48. The van der Waals surface area contributed by atoms with Crippen molar-refractivity contribution in [2.24, 2.45) is 5.73 Å². The van der Waals surface area contributed by atoms with Crippen LogP contribution in [0, 0.1) is 13.8 Å². The number of aromatic nitrogens is 3. The molecule has 26 heavy (non-hydrogen) atoms. The number of carbonyl (C=O) groups is 1. The minimum absolute atomic E-state index is 0.0488. The number of rotatable bonds is 2. The molecule has 0 aliphatic rings. The second-order valence-corrected chi connectivity index (χ2v) is 5.76. The summed E-state index contributed by atoms with van der Waals surface area (Å²) in [5.74, 6) is -1.29. The smallest absolute Gasteiger partial charge is 0.434 e. The van der Waals surface area contributed by atoms with E-state index in [1.54, 1.807) is 19.9 Å². The fraction of sp³-hybridized carbons (Fsp3) is 0.188. The number of fused-ring (bicyclic) bond motifs is 1. The average molecular weight is 365 g/mol. The Morgan fingerprint density at radius 3 is 2.50 bits per heavy atom. The standard InChI is InChI=1S/C16H14F3N5O2/c1-6-3-4-8(25)7(2)12(6)24-13(20)10(14(21)26)11-15(24)22-5-9(23-11)16(17,18)19/h3-5,25H,20H2,1-2H3,(H2,21,26). The molecule has 1 amide bonds. The number of amides is 1. The number of nitrogen functional groups attached to an aromatic ring is 1. The number of hydrogen-bond donors (Lipinski definition) is 3. The zero-order valence-corrected chi connectivity index (χ0v) is 13.7. The second-order valence-electron chi connectivity index (χ2n) is 5.76. The van der Waals surface area contributed by atoms with Gasteiger partial charge in [0.05, 0.1) is 11.9 Å². The molecule has 0 fully saturated rings. The van der Waals surface area contributed by atoms with Gasteiger partial charge in [0.2, 0.25) is 0 Å². The van der Waals surface area contributed by atoms with E-state index in [9.17, 15) is 23.1 Å². The number of nitrogens with zero attached hydrogens (tertiary/aromatic N) is 3. The maximum absolute atomic E-state index is 13.0. The molecule has 7 nitrogen and oxygen atoms in total. The number of phenolic OH excluding ortho intramolecular Hbond substituents is 1. The van der Waals surface area contributed by atoms with Crippen LogP contribution in [0.3, 0.4) is 0 Å². The summed E-state index contributed by atoms with van der Waals surface area (Å²) in [6.07, 6.45) is -4.19. The van der Waals surface area contributed by atoms with Crippen LogP contribution in [0.2, 0.25) is 0 Å². The third-order valence-electron chi connectivity index (χ3n) is 4.06. The SMILES string of the molecule is Cc1ccc(O)c(C)c1-n1c(N)c(C(N)=O)c2nc(C(F)(F)F)cnc21. The molecule has 0 saturated carbocycles. The maximum Gasteiger partial charge on any atom is 0.434 e. The molecule has 3 aromatic rings. The van der Waals surface area contributed by atoms with Crippen molar-refractivity contribution in [1.29, 1.82) is 0 Å². The summed E-state index contributed by atoms with van der Waals surface area (Å²) in [6.45, 7) is 3.32. The van der Waals surface area contributed by atoms with Gasteiger partial charge < -0.3 is 16.6 Å². The third kappa shape index (κ3) is 2.50. The van der Waals surface area contributed by atoms with Crippen LogP contribution in [0.25, 0.3) is 16.9 Å². The molecular formula is C16H14F3N5O2. The number of hydrogen-bond acceptors (Lipinski definition) is 5. The van der Waals surface area contributed by atoms with Crippen molar-refractivity contribution in [3.05, 3.63) is 40.7 Å². The van der Waals surface area contributed by atoms with Gasteiger partial charge in [-0.1, -0.05) is 6.07 Å². The van der Waals surface area contributed by atoms with E-state index in [4.69, 9.17) is 11.5 Å². The Hall–Kier alpha value is -3.30. The van der Waals surface area contributed by atoms with Gasteiger partial charge >= 0.3 is 6.18 Å². The fourth-order valence-corrected chi connectivity index (χ4v) is 2.84. The lowest BCUT2D eigenvalue weighted by molar-refractivity contribution is -0.141. The molecule has 0 atom stereocenters. The first kappa shape index (κ1) is 17.5. The molecule has 0 bridgehead atoms. The first-order valence-electron chi connectivity index (χ1n) is 7.37. The van der Waals surface area contributed by atoms with Gasteiger partial charge in [0.25, 0.3) is 5.91 Å². The number of alkyl halides is 3. The highest BCUT2D eigenvalue weighted by atomic mass is 19.4. The zero-order chi connectivity index (χ0) is 19.4. The second kappa shape index (κ2) is 5.61. The van der Waals surface area contributed by atoms with Crippen LogP contribution in [-0.4, -0.2) is 25.5 Å². The minimum Gasteiger partial charge on any atom is -0.508 e. The van der Waals surface area contributed by atoms with E-state index in [1.807, 2.05) is 0 Å². The van der Waals surface area contributed by atoms with E-state index < -0.39 is 17.8 Å². The number of aryl methyl sites for hydroxylation is 1. The van der Waals surface area contributed by atoms with E-state index in [0.717, 1.165) is 0 Å². The van der Waals surface area contributed by atoms with Crippen molar-refractivity contribution in [2.75, 3.05) is 5.73 Å². The summed E-state index contributed by atoms with van der Waals surface area (Å²) >= 11 is 0. The Kier molecular flexibility index (Phi) is 3.78. The van der Waals surface area contributed by atoms with E-state index in [2.05, 4.69) is 9.97 Å². The van der Waals surface area contributed by atoms with Crippen LogP contribution in [-0.2, 0) is 6.18 Å². The lowest BCUT2D eigenvalue weighted by Crippen LogP contribution is -2.14. The molecule has 0 aliphatic carbocycles. The van der Waals surface area contributed by atoms with E-state index >= 15 is 0 Å². The summed E-state index contributed by atoms with van der Waals surface area (Å²) in [7, 11) is 0. The van der Waals surface area contributed by atoms with Gasteiger partial charge in [0.1, 0.15) is 22.6 Å². The molecule has 0 aliphatic heterocycles. The fourth-order valence-electron chi connectivity index (χ4n) is 2.84. The Bertz CT molecular complexity index is 1060. The Labute approximate surface area is 145 Å². The largest absolute Gasteiger partial charge is 0.508 e. The van der Waals surface area contributed by atoms with Gasteiger partial charge in [-0.15, -0.1) is 0 Å². The highest BCUT2D eigenvalue weighted by Gasteiger charge is 2.35. The summed E-state index contributed by atoms with van der Waals surface area (Å²) in [6, 6.07) is 3.07. The predicted molar refractivity (Wildman–Crippen MR) is 87.9 cm³/mol. The summed E-state index contributed by atoms with van der Waals surface area (Å²) in [5.41, 5.74) is 10.7. The predicted octanol–water partition coefficient (Wildman–Crippen LogP) is 2.44. The summed E-state index contributed by atoms with van der Waals surface area (Å²) in [4.78, 5) is 19.1. The van der Waals surface area contributed by atoms with Crippen LogP contribution in [0.5, 0.6) is 5.75 Å². The molecule has 0 saturated heterocycles. The molecule has 3 rings (SSSR count). The molecule has 136 valence electrons. The normalized spacial score (nSPS) is 11.9. The van der Waals surface area contributed by atoms with E-state index in [0.29, 0.717) is 23.0 Å². The Morgan fingerprint density at radius 2 is 1.92 bits per heavy atom. The number of nitrogens with two attached hydrogens (primary N) is 2. The first-order valence-corrected chi connectivity index (χ1v) is 7.37. The number of aromatic hydroxyl groups is 1. The lowest BCUT2D eigenvalue weighted by Gasteiger charge is -2.15. The number of primary amides is 1. The molecule has 2 heterocycles. The average Bonchev–Trinajstić information content (AvgIpc) is 2.82. The molecule has 0 spiro atoms. The van der Waals surface area contributed by atoms with Gasteiger partial charge in [0, 0.05) is 5.56 Å². The van der Waals surface area contributed by atoms with Crippen LogP contribution in [0.1, 0.15) is 27.2 Å². The molecule has 0 radical (unpaired) electrons. The molecule has 2 aromatic heterocycles. The summed E-state index contributed by atoms with van der Waals surface area (Å²) in [5, 5.41) is 9.99. The van der Waals surface area contributed by atoms with Crippen LogP contribution in [0.15, 0.2) is 18.3 Å². The van der Waals surface area contributed by atoms with Gasteiger partial charge in [0.15, 0.2) is 11.3 Å². The molecular weight excluding hydrogens is 351 g/mol. The van der Waals surface area contributed by atoms with Gasteiger partial charge in [-0.2, -0.15) is 13.2 Å². The topological polar surface area (TPSA) is 120 Å². The van der Waals surface area contributed by atoms with Crippen molar-refractivity contribution >= 4 is 22.9 Å². The number of halogens is 3. The quantitative estimate of drug-likeness (QED) is 0.644. The van der Waals surface area contributed by atoms with Crippen LogP contribution < -0.4 is 11.5 Å². The molecule has 10 heteroatoms. The van der Waals surface area contributed by atoms with Crippen molar-refractivity contribution in [1.82, 2.24) is 14.5 Å². The van der Waals surface area contributed by atoms with E-state index in [1.165, 1.54) is 10.6 Å². The molecule has 0 unspecified atom stereocenters. The molecule has 1 aromatic carbocycles. The van der Waals surface area contributed by atoms with Crippen molar-refractivity contribution < 1.29 is 23.1 Å². The van der Waals surface area contributed by atoms with Crippen LogP contribution in [0.4, 0.5) is 19.0 Å². The third-order valence-corrected chi connectivity index (χ3v) is 4.06.